The molecule has 1 N–H and O–H groups in total. The molecule has 8 heteroatoms. The molecule has 158 valence electrons. The molecule has 7 nitrogen and oxygen atoms in total. The van der Waals surface area contributed by atoms with Crippen molar-refractivity contribution in [1.29, 1.82) is 0 Å². The minimum absolute atomic E-state index is 0.00606. The summed E-state index contributed by atoms with van der Waals surface area (Å²) >= 11 is 0. The van der Waals surface area contributed by atoms with Gasteiger partial charge >= 0.3 is 0 Å². The summed E-state index contributed by atoms with van der Waals surface area (Å²) in [4.78, 5) is 44.4. The van der Waals surface area contributed by atoms with Gasteiger partial charge in [-0.3, -0.25) is 23.9 Å². The summed E-state index contributed by atoms with van der Waals surface area (Å²) in [5, 5.41) is 2.73. The van der Waals surface area contributed by atoms with Crippen LogP contribution in [0.3, 0.4) is 0 Å². The number of hydrogen-bond acceptors (Lipinski definition) is 4. The van der Waals surface area contributed by atoms with Crippen molar-refractivity contribution in [3.05, 3.63) is 87.9 Å². The molecule has 1 aliphatic rings. The average molecular weight is 420 g/mol. The van der Waals surface area contributed by atoms with Crippen LogP contribution in [0.5, 0.6) is 0 Å². The van der Waals surface area contributed by atoms with Crippen LogP contribution in [-0.2, 0) is 17.8 Å². The van der Waals surface area contributed by atoms with Gasteiger partial charge in [-0.15, -0.1) is 0 Å². The second-order valence-electron chi connectivity index (χ2n) is 7.27. The number of nitrogens with zero attached hydrogens (tertiary/aromatic N) is 3. The van der Waals surface area contributed by atoms with Crippen molar-refractivity contribution in [3.8, 4) is 5.69 Å². The number of carbonyl (C=O) groups is 2. The molecule has 4 rings (SSSR count). The van der Waals surface area contributed by atoms with Gasteiger partial charge in [0.05, 0.1) is 11.9 Å². The zero-order chi connectivity index (χ0) is 22.0. The Morgan fingerprint density at radius 3 is 2.65 bits per heavy atom. The molecule has 3 heterocycles. The molecular weight excluding hydrogens is 399 g/mol. The topological polar surface area (TPSA) is 84.3 Å². The Morgan fingerprint density at radius 1 is 1.19 bits per heavy atom. The lowest BCUT2D eigenvalue weighted by molar-refractivity contribution is -0.131. The highest BCUT2D eigenvalue weighted by Crippen LogP contribution is 2.23. The molecule has 0 bridgehead atoms. The lowest BCUT2D eigenvalue weighted by atomic mass is 9.95. The quantitative estimate of drug-likeness (QED) is 0.703. The molecule has 2 aromatic heterocycles. The standard InChI is InChI=1S/C23H21FN4O3/c1-2-20(29)27-11-9-19-15(13-27)14-28(18-7-5-16(24)6-8-18)23(31)21(19)22(30)26-17-4-3-10-25-12-17/h3-8,10,12,14H,2,9,11,13H2,1H3,(H,26,30). The molecule has 0 fully saturated rings. The Labute approximate surface area is 178 Å². The zero-order valence-corrected chi connectivity index (χ0v) is 17.0. The molecule has 3 aromatic rings. The molecule has 1 aliphatic heterocycles. The minimum atomic E-state index is -0.541. The first-order chi connectivity index (χ1) is 15.0. The Bertz CT molecular complexity index is 1190. The maximum atomic E-state index is 13.4. The van der Waals surface area contributed by atoms with E-state index in [1.165, 1.54) is 35.0 Å². The van der Waals surface area contributed by atoms with Crippen LogP contribution in [0, 0.1) is 5.82 Å². The third-order valence-corrected chi connectivity index (χ3v) is 5.31. The molecule has 1 aromatic carbocycles. The number of pyridine rings is 2. The fourth-order valence-electron chi connectivity index (χ4n) is 3.75. The van der Waals surface area contributed by atoms with Crippen LogP contribution in [0.1, 0.15) is 34.8 Å². The van der Waals surface area contributed by atoms with E-state index in [0.29, 0.717) is 48.4 Å². The van der Waals surface area contributed by atoms with Gasteiger partial charge in [-0.1, -0.05) is 6.92 Å². The maximum Gasteiger partial charge on any atom is 0.268 e. The molecule has 2 amide bonds. The average Bonchev–Trinajstić information content (AvgIpc) is 2.79. The van der Waals surface area contributed by atoms with Crippen molar-refractivity contribution in [2.75, 3.05) is 11.9 Å². The van der Waals surface area contributed by atoms with Gasteiger partial charge in [0, 0.05) is 37.6 Å². The fourth-order valence-corrected chi connectivity index (χ4v) is 3.75. The van der Waals surface area contributed by atoms with Crippen LogP contribution in [0.25, 0.3) is 5.69 Å². The van der Waals surface area contributed by atoms with Gasteiger partial charge in [-0.05, 0) is 53.9 Å². The number of hydrogen-bond donors (Lipinski definition) is 1. The second kappa shape index (κ2) is 8.51. The van der Waals surface area contributed by atoms with Crippen molar-refractivity contribution in [3.63, 3.8) is 0 Å². The third-order valence-electron chi connectivity index (χ3n) is 5.31. The van der Waals surface area contributed by atoms with Crippen LogP contribution < -0.4 is 10.9 Å². The van der Waals surface area contributed by atoms with Crippen LogP contribution in [0.2, 0.25) is 0 Å². The van der Waals surface area contributed by atoms with Crippen LogP contribution in [0.15, 0.2) is 59.8 Å². The number of fused-ring (bicyclic) bond motifs is 1. The van der Waals surface area contributed by atoms with E-state index < -0.39 is 17.3 Å². The Hall–Kier alpha value is -3.81. The van der Waals surface area contributed by atoms with E-state index in [1.54, 1.807) is 36.4 Å². The van der Waals surface area contributed by atoms with E-state index in [-0.39, 0.29) is 11.5 Å². The number of halogens is 1. The first-order valence-electron chi connectivity index (χ1n) is 10.0. The first kappa shape index (κ1) is 20.5. The third kappa shape index (κ3) is 4.09. The molecular formula is C23H21FN4O3. The maximum absolute atomic E-state index is 13.4. The Kier molecular flexibility index (Phi) is 5.62. The van der Waals surface area contributed by atoms with Crippen LogP contribution >= 0.6 is 0 Å². The SMILES string of the molecule is CCC(=O)N1CCc2c(cn(-c3ccc(F)cc3)c(=O)c2C(=O)Nc2cccnc2)C1. The largest absolute Gasteiger partial charge is 0.338 e. The van der Waals surface area contributed by atoms with Crippen molar-refractivity contribution >= 4 is 17.5 Å². The number of benzene rings is 1. The van der Waals surface area contributed by atoms with E-state index in [2.05, 4.69) is 10.3 Å². The number of rotatable bonds is 4. The minimum Gasteiger partial charge on any atom is -0.338 e. The van der Waals surface area contributed by atoms with Crippen LogP contribution in [-0.4, -0.2) is 32.8 Å². The van der Waals surface area contributed by atoms with E-state index in [1.807, 2.05) is 0 Å². The van der Waals surface area contributed by atoms with Crippen molar-refractivity contribution in [2.45, 2.75) is 26.3 Å². The highest BCUT2D eigenvalue weighted by atomic mass is 19.1. The van der Waals surface area contributed by atoms with E-state index in [0.717, 1.165) is 0 Å². The predicted molar refractivity (Wildman–Crippen MR) is 114 cm³/mol. The zero-order valence-electron chi connectivity index (χ0n) is 17.0. The van der Waals surface area contributed by atoms with E-state index in [9.17, 15) is 18.8 Å². The Balaban J connectivity index is 1.83. The molecule has 0 aliphatic carbocycles. The molecule has 0 radical (unpaired) electrons. The van der Waals surface area contributed by atoms with Crippen molar-refractivity contribution < 1.29 is 14.0 Å². The normalized spacial score (nSPS) is 12.9. The van der Waals surface area contributed by atoms with Gasteiger partial charge in [0.15, 0.2) is 0 Å². The highest BCUT2D eigenvalue weighted by molar-refractivity contribution is 6.05. The summed E-state index contributed by atoms with van der Waals surface area (Å²) in [6, 6.07) is 8.82. The smallest absolute Gasteiger partial charge is 0.268 e. The number of aromatic nitrogens is 2. The summed E-state index contributed by atoms with van der Waals surface area (Å²) in [7, 11) is 0. The number of carbonyl (C=O) groups excluding carboxylic acids is 2. The summed E-state index contributed by atoms with van der Waals surface area (Å²) in [6.45, 7) is 2.54. The molecule has 31 heavy (non-hydrogen) atoms. The monoisotopic (exact) mass is 420 g/mol. The molecule has 0 atom stereocenters. The summed E-state index contributed by atoms with van der Waals surface area (Å²) in [5.41, 5.74) is 1.77. The van der Waals surface area contributed by atoms with E-state index in [4.69, 9.17) is 0 Å². The van der Waals surface area contributed by atoms with E-state index >= 15 is 0 Å². The van der Waals surface area contributed by atoms with Gasteiger partial charge in [0.1, 0.15) is 11.4 Å². The molecule has 0 saturated heterocycles. The highest BCUT2D eigenvalue weighted by Gasteiger charge is 2.28. The first-order valence-corrected chi connectivity index (χ1v) is 10.0. The summed E-state index contributed by atoms with van der Waals surface area (Å²) in [5.74, 6) is -0.962. The van der Waals surface area contributed by atoms with Crippen molar-refractivity contribution in [1.82, 2.24) is 14.5 Å². The van der Waals surface area contributed by atoms with Crippen molar-refractivity contribution in [2.24, 2.45) is 0 Å². The van der Waals surface area contributed by atoms with Crippen LogP contribution in [0.4, 0.5) is 10.1 Å². The molecule has 0 spiro atoms. The van der Waals surface area contributed by atoms with Gasteiger partial charge in [-0.2, -0.15) is 0 Å². The molecule has 0 unspecified atom stereocenters. The second-order valence-corrected chi connectivity index (χ2v) is 7.27. The Morgan fingerprint density at radius 2 is 1.97 bits per heavy atom. The van der Waals surface area contributed by atoms with Gasteiger partial charge in [-0.25, -0.2) is 4.39 Å². The van der Waals surface area contributed by atoms with Gasteiger partial charge < -0.3 is 10.2 Å². The lowest BCUT2D eigenvalue weighted by Crippen LogP contribution is -2.39. The number of nitrogens with one attached hydrogen (secondary N) is 1. The number of amides is 2. The van der Waals surface area contributed by atoms with Gasteiger partial charge in [0.25, 0.3) is 11.5 Å². The summed E-state index contributed by atoms with van der Waals surface area (Å²) < 4.78 is 14.7. The predicted octanol–water partition coefficient (Wildman–Crippen LogP) is 2.92. The number of anilines is 1. The molecule has 0 saturated carbocycles. The van der Waals surface area contributed by atoms with Gasteiger partial charge in [0.2, 0.25) is 5.91 Å². The fraction of sp³-hybridized carbons (Fsp3) is 0.217. The summed E-state index contributed by atoms with van der Waals surface area (Å²) in [6.07, 6.45) is 5.49. The lowest BCUT2D eigenvalue weighted by Gasteiger charge is -2.30.